The average Bonchev–Trinajstić information content (AvgIpc) is 2.02. The fourth-order valence-electron chi connectivity index (χ4n) is 1.91. The molecule has 0 unspecified atom stereocenters. The molecule has 1 amide bonds. The van der Waals surface area contributed by atoms with Crippen LogP contribution in [0.2, 0.25) is 0 Å². The molecule has 0 saturated carbocycles. The Bertz CT molecular complexity index is 205. The van der Waals surface area contributed by atoms with Crippen LogP contribution in [0.15, 0.2) is 0 Å². The Labute approximate surface area is 85.5 Å². The van der Waals surface area contributed by atoms with Gasteiger partial charge in [0.25, 0.3) is 0 Å². The zero-order chi connectivity index (χ0) is 10.8. The molecule has 82 valence electrons. The summed E-state index contributed by atoms with van der Waals surface area (Å²) >= 11 is 0. The fourth-order valence-corrected chi connectivity index (χ4v) is 1.91. The third-order valence-corrected chi connectivity index (χ3v) is 2.43. The molecular formula is C10H20N2O2. The lowest BCUT2D eigenvalue weighted by molar-refractivity contribution is -0.0756. The quantitative estimate of drug-likeness (QED) is 0.705. The summed E-state index contributed by atoms with van der Waals surface area (Å²) in [7, 11) is 0. The predicted octanol–water partition coefficient (Wildman–Crippen LogP) is 2.17. The van der Waals surface area contributed by atoms with Gasteiger partial charge < -0.3 is 5.11 Å². The lowest BCUT2D eigenvalue weighted by Crippen LogP contribution is -2.56. The van der Waals surface area contributed by atoms with Gasteiger partial charge in [-0.3, -0.25) is 0 Å². The second-order valence-corrected chi connectivity index (χ2v) is 4.78. The molecule has 4 nitrogen and oxygen atoms in total. The van der Waals surface area contributed by atoms with Gasteiger partial charge in [0.2, 0.25) is 0 Å². The van der Waals surface area contributed by atoms with Crippen LogP contribution < -0.4 is 0 Å². The number of piperidine rings is 1. The molecule has 1 aliphatic rings. The number of carboxylic acid groups (broad SMARTS) is 1. The molecule has 4 heteroatoms. The minimum absolute atomic E-state index is 0.344. The average molecular weight is 200 g/mol. The van der Waals surface area contributed by atoms with E-state index in [2.05, 4.69) is 0 Å². The summed E-state index contributed by atoms with van der Waals surface area (Å²) in [6.45, 7) is 7.51. The van der Waals surface area contributed by atoms with Crippen molar-refractivity contribution in [1.82, 2.24) is 10.0 Å². The first-order chi connectivity index (χ1) is 6.43. The molecule has 1 fully saturated rings. The van der Waals surface area contributed by atoms with Gasteiger partial charge in [0.05, 0.1) is 5.54 Å². The zero-order valence-corrected chi connectivity index (χ0v) is 9.29. The van der Waals surface area contributed by atoms with E-state index in [1.807, 2.05) is 25.8 Å². The molecular weight excluding hydrogens is 180 g/mol. The first kappa shape index (κ1) is 11.3. The highest BCUT2D eigenvalue weighted by Gasteiger charge is 2.32. The Kier molecular flexibility index (Phi) is 3.37. The number of hydrazine groups is 1. The highest BCUT2D eigenvalue weighted by atomic mass is 16.4. The molecule has 1 saturated heterocycles. The van der Waals surface area contributed by atoms with Gasteiger partial charge in [-0.25, -0.2) is 14.8 Å². The van der Waals surface area contributed by atoms with Gasteiger partial charge in [0.1, 0.15) is 0 Å². The monoisotopic (exact) mass is 200 g/mol. The van der Waals surface area contributed by atoms with E-state index in [9.17, 15) is 4.79 Å². The summed E-state index contributed by atoms with van der Waals surface area (Å²) < 4.78 is 0. The van der Waals surface area contributed by atoms with Crippen LogP contribution in [0.1, 0.15) is 40.0 Å². The summed E-state index contributed by atoms with van der Waals surface area (Å²) in [5.74, 6) is 0. The molecule has 0 atom stereocenters. The lowest BCUT2D eigenvalue weighted by Gasteiger charge is -2.43. The van der Waals surface area contributed by atoms with Crippen molar-refractivity contribution in [2.24, 2.45) is 0 Å². The fraction of sp³-hybridized carbons (Fsp3) is 0.900. The van der Waals surface area contributed by atoms with Gasteiger partial charge in [0.15, 0.2) is 0 Å². The molecule has 0 bridgehead atoms. The number of hydrogen-bond donors (Lipinski definition) is 1. The van der Waals surface area contributed by atoms with Crippen molar-refractivity contribution in [3.63, 3.8) is 0 Å². The number of hydrogen-bond acceptors (Lipinski definition) is 2. The first-order valence-corrected chi connectivity index (χ1v) is 5.21. The molecule has 0 spiro atoms. The first-order valence-electron chi connectivity index (χ1n) is 5.21. The van der Waals surface area contributed by atoms with E-state index in [0.29, 0.717) is 0 Å². The van der Waals surface area contributed by atoms with Crippen molar-refractivity contribution in [1.29, 1.82) is 0 Å². The summed E-state index contributed by atoms with van der Waals surface area (Å²) in [5.41, 5.74) is -0.344. The van der Waals surface area contributed by atoms with E-state index in [0.717, 1.165) is 25.9 Å². The van der Waals surface area contributed by atoms with Crippen LogP contribution in [-0.2, 0) is 0 Å². The third kappa shape index (κ3) is 2.61. The number of carbonyl (C=O) groups is 1. The van der Waals surface area contributed by atoms with Crippen molar-refractivity contribution >= 4 is 6.09 Å². The Hall–Kier alpha value is -0.770. The smallest absolute Gasteiger partial charge is 0.422 e. The van der Waals surface area contributed by atoms with E-state index in [1.54, 1.807) is 0 Å². The van der Waals surface area contributed by atoms with Crippen LogP contribution in [-0.4, -0.2) is 39.8 Å². The molecule has 1 N–H and O–H groups in total. The van der Waals surface area contributed by atoms with Gasteiger partial charge >= 0.3 is 6.09 Å². The van der Waals surface area contributed by atoms with E-state index in [1.165, 1.54) is 11.4 Å². The molecule has 0 aromatic carbocycles. The highest BCUT2D eigenvalue weighted by Crippen LogP contribution is 2.20. The van der Waals surface area contributed by atoms with Gasteiger partial charge in [0, 0.05) is 13.1 Å². The SMILES string of the molecule is CC(C)(C)N(C(=O)O)N1CCCCC1. The lowest BCUT2D eigenvalue weighted by atomic mass is 10.1. The summed E-state index contributed by atoms with van der Waals surface area (Å²) in [5, 5.41) is 12.6. The van der Waals surface area contributed by atoms with Crippen LogP contribution >= 0.6 is 0 Å². The van der Waals surface area contributed by atoms with Gasteiger partial charge in [-0.2, -0.15) is 0 Å². The molecule has 0 aromatic heterocycles. The van der Waals surface area contributed by atoms with Crippen molar-refractivity contribution < 1.29 is 9.90 Å². The van der Waals surface area contributed by atoms with Gasteiger partial charge in [-0.05, 0) is 33.6 Å². The van der Waals surface area contributed by atoms with Gasteiger partial charge in [-0.15, -0.1) is 0 Å². The van der Waals surface area contributed by atoms with E-state index < -0.39 is 6.09 Å². The number of nitrogens with zero attached hydrogens (tertiary/aromatic N) is 2. The summed E-state index contributed by atoms with van der Waals surface area (Å²) in [4.78, 5) is 11.1. The molecule has 0 aliphatic carbocycles. The minimum atomic E-state index is -0.848. The third-order valence-electron chi connectivity index (χ3n) is 2.43. The summed E-state index contributed by atoms with van der Waals surface area (Å²) in [6, 6.07) is 0. The largest absolute Gasteiger partial charge is 0.464 e. The standard InChI is InChI=1S/C10H20N2O2/c1-10(2,3)12(9(13)14)11-7-5-4-6-8-11/h4-8H2,1-3H3,(H,13,14). The maximum Gasteiger partial charge on any atom is 0.422 e. The second-order valence-electron chi connectivity index (χ2n) is 4.78. The highest BCUT2D eigenvalue weighted by molar-refractivity contribution is 5.65. The van der Waals surface area contributed by atoms with E-state index in [4.69, 9.17) is 5.11 Å². The number of rotatable bonds is 1. The van der Waals surface area contributed by atoms with Crippen LogP contribution in [0.4, 0.5) is 4.79 Å². The molecule has 1 rings (SSSR count). The van der Waals surface area contributed by atoms with Crippen molar-refractivity contribution in [2.45, 2.75) is 45.6 Å². The zero-order valence-electron chi connectivity index (χ0n) is 9.29. The van der Waals surface area contributed by atoms with E-state index in [-0.39, 0.29) is 5.54 Å². The van der Waals surface area contributed by atoms with Crippen LogP contribution in [0.25, 0.3) is 0 Å². The van der Waals surface area contributed by atoms with E-state index >= 15 is 0 Å². The Morgan fingerprint density at radius 3 is 2.07 bits per heavy atom. The van der Waals surface area contributed by atoms with Crippen molar-refractivity contribution in [3.8, 4) is 0 Å². The normalized spacial score (nSPS) is 19.4. The Morgan fingerprint density at radius 1 is 1.21 bits per heavy atom. The maximum absolute atomic E-state index is 11.1. The van der Waals surface area contributed by atoms with Gasteiger partial charge in [-0.1, -0.05) is 6.42 Å². The van der Waals surface area contributed by atoms with Crippen molar-refractivity contribution in [3.05, 3.63) is 0 Å². The number of amides is 1. The second kappa shape index (κ2) is 4.17. The molecule has 1 heterocycles. The Balaban J connectivity index is 2.71. The van der Waals surface area contributed by atoms with Crippen LogP contribution in [0, 0.1) is 0 Å². The molecule has 1 aliphatic heterocycles. The molecule has 0 aromatic rings. The molecule has 14 heavy (non-hydrogen) atoms. The Morgan fingerprint density at radius 2 is 1.71 bits per heavy atom. The van der Waals surface area contributed by atoms with Crippen molar-refractivity contribution in [2.75, 3.05) is 13.1 Å². The predicted molar refractivity (Wildman–Crippen MR) is 55.0 cm³/mol. The topological polar surface area (TPSA) is 43.8 Å². The summed E-state index contributed by atoms with van der Waals surface area (Å²) in [6.07, 6.45) is 2.56. The van der Waals surface area contributed by atoms with Crippen LogP contribution in [0.5, 0.6) is 0 Å². The molecule has 0 radical (unpaired) electrons. The van der Waals surface area contributed by atoms with Crippen LogP contribution in [0.3, 0.4) is 0 Å². The minimum Gasteiger partial charge on any atom is -0.464 e. The maximum atomic E-state index is 11.1.